The van der Waals surface area contributed by atoms with Gasteiger partial charge >= 0.3 is 0 Å². The second-order valence-corrected chi connectivity index (χ2v) is 6.83. The van der Waals surface area contributed by atoms with Gasteiger partial charge in [0.2, 0.25) is 5.91 Å². The summed E-state index contributed by atoms with van der Waals surface area (Å²) in [6.07, 6.45) is 5.74. The number of carbonyl (C=O) groups excluding carboxylic acids is 1. The summed E-state index contributed by atoms with van der Waals surface area (Å²) in [5.74, 6) is 0.303. The molecule has 2 aromatic rings. The molecule has 1 N–H and O–H groups in total. The number of amides is 1. The molecule has 128 valence electrons. The molecule has 0 saturated carbocycles. The minimum atomic E-state index is 0.127. The van der Waals surface area contributed by atoms with Crippen molar-refractivity contribution in [3.8, 4) is 11.1 Å². The third kappa shape index (κ3) is 3.67. The zero-order valence-corrected chi connectivity index (χ0v) is 14.7. The van der Waals surface area contributed by atoms with Gasteiger partial charge in [0.15, 0.2) is 0 Å². The van der Waals surface area contributed by atoms with Gasteiger partial charge < -0.3 is 10.2 Å². The molecule has 0 bridgehead atoms. The van der Waals surface area contributed by atoms with Crippen LogP contribution in [-0.2, 0) is 18.4 Å². The number of hydrogen-bond donors (Lipinski definition) is 1. The van der Waals surface area contributed by atoms with E-state index in [4.69, 9.17) is 0 Å². The van der Waals surface area contributed by atoms with Crippen molar-refractivity contribution in [3.05, 3.63) is 42.2 Å². The monoisotopic (exact) mass is 326 g/mol. The SMILES string of the molecule is C[C@H]1C[C@@H](C(=O)NCc2ccccc2-c2cnn(C)c2)CCN1C. The molecule has 1 aliphatic rings. The predicted octanol–water partition coefficient (Wildman–Crippen LogP) is 2.43. The summed E-state index contributed by atoms with van der Waals surface area (Å²) < 4.78 is 1.80. The van der Waals surface area contributed by atoms with Crippen molar-refractivity contribution in [1.82, 2.24) is 20.0 Å². The van der Waals surface area contributed by atoms with Crippen molar-refractivity contribution in [2.75, 3.05) is 13.6 Å². The number of aryl methyl sites for hydroxylation is 1. The molecule has 1 amide bonds. The summed E-state index contributed by atoms with van der Waals surface area (Å²) in [5.41, 5.74) is 3.33. The molecular formula is C19H26N4O. The van der Waals surface area contributed by atoms with Crippen LogP contribution in [0.3, 0.4) is 0 Å². The molecule has 1 aromatic carbocycles. The highest BCUT2D eigenvalue weighted by atomic mass is 16.1. The van der Waals surface area contributed by atoms with Crippen molar-refractivity contribution in [2.45, 2.75) is 32.4 Å². The number of carbonyl (C=O) groups is 1. The van der Waals surface area contributed by atoms with Gasteiger partial charge in [-0.05, 0) is 44.5 Å². The molecule has 1 aliphatic heterocycles. The van der Waals surface area contributed by atoms with Gasteiger partial charge in [-0.3, -0.25) is 9.48 Å². The maximum absolute atomic E-state index is 12.5. The highest BCUT2D eigenvalue weighted by Gasteiger charge is 2.27. The zero-order chi connectivity index (χ0) is 17.1. The topological polar surface area (TPSA) is 50.2 Å². The van der Waals surface area contributed by atoms with Crippen LogP contribution in [0.25, 0.3) is 11.1 Å². The number of likely N-dealkylation sites (tertiary alicyclic amines) is 1. The van der Waals surface area contributed by atoms with E-state index in [0.717, 1.165) is 36.1 Å². The molecule has 1 saturated heterocycles. The van der Waals surface area contributed by atoms with Gasteiger partial charge in [0, 0.05) is 37.3 Å². The van der Waals surface area contributed by atoms with Crippen molar-refractivity contribution >= 4 is 5.91 Å². The quantitative estimate of drug-likeness (QED) is 0.939. The van der Waals surface area contributed by atoms with Crippen LogP contribution in [0, 0.1) is 5.92 Å². The maximum atomic E-state index is 12.5. The van der Waals surface area contributed by atoms with Crippen LogP contribution in [0.15, 0.2) is 36.7 Å². The van der Waals surface area contributed by atoms with Crippen LogP contribution < -0.4 is 5.32 Å². The zero-order valence-electron chi connectivity index (χ0n) is 14.7. The summed E-state index contributed by atoms with van der Waals surface area (Å²) in [5, 5.41) is 7.38. The summed E-state index contributed by atoms with van der Waals surface area (Å²) in [4.78, 5) is 14.9. The molecular weight excluding hydrogens is 300 g/mol. The lowest BCUT2D eigenvalue weighted by Gasteiger charge is -2.34. The molecule has 5 nitrogen and oxygen atoms in total. The number of nitrogens with zero attached hydrogens (tertiary/aromatic N) is 3. The van der Waals surface area contributed by atoms with Crippen LogP contribution in [0.1, 0.15) is 25.3 Å². The van der Waals surface area contributed by atoms with E-state index in [0.29, 0.717) is 12.6 Å². The summed E-state index contributed by atoms with van der Waals surface area (Å²) in [7, 11) is 4.04. The second-order valence-electron chi connectivity index (χ2n) is 6.83. The van der Waals surface area contributed by atoms with Gasteiger partial charge in [-0.25, -0.2) is 0 Å². The van der Waals surface area contributed by atoms with E-state index in [-0.39, 0.29) is 11.8 Å². The Labute approximate surface area is 143 Å². The first-order valence-corrected chi connectivity index (χ1v) is 8.59. The van der Waals surface area contributed by atoms with Gasteiger partial charge in [0.05, 0.1) is 6.20 Å². The van der Waals surface area contributed by atoms with Crippen LogP contribution >= 0.6 is 0 Å². The molecule has 24 heavy (non-hydrogen) atoms. The molecule has 2 atom stereocenters. The summed E-state index contributed by atoms with van der Waals surface area (Å²) in [6.45, 7) is 3.74. The highest BCUT2D eigenvalue weighted by Crippen LogP contribution is 2.24. The van der Waals surface area contributed by atoms with Crippen molar-refractivity contribution in [2.24, 2.45) is 13.0 Å². The van der Waals surface area contributed by atoms with Crippen molar-refractivity contribution < 1.29 is 4.79 Å². The first-order chi connectivity index (χ1) is 11.5. The Morgan fingerprint density at radius 1 is 1.33 bits per heavy atom. The molecule has 1 fully saturated rings. The largest absolute Gasteiger partial charge is 0.352 e. The van der Waals surface area contributed by atoms with E-state index in [1.807, 2.05) is 31.6 Å². The van der Waals surface area contributed by atoms with Gasteiger partial charge in [-0.1, -0.05) is 24.3 Å². The van der Waals surface area contributed by atoms with Crippen molar-refractivity contribution in [3.63, 3.8) is 0 Å². The van der Waals surface area contributed by atoms with E-state index >= 15 is 0 Å². The number of hydrogen-bond acceptors (Lipinski definition) is 3. The average Bonchev–Trinajstić information content (AvgIpc) is 3.01. The lowest BCUT2D eigenvalue weighted by atomic mass is 9.91. The molecule has 0 aliphatic carbocycles. The standard InChI is InChI=1S/C19H26N4O/c1-14-10-15(8-9-22(14)2)19(24)20-11-16-6-4-5-7-18(16)17-12-21-23(3)13-17/h4-7,12-15H,8-11H2,1-3H3,(H,20,24)/t14-,15-/m0/s1. The molecule has 0 spiro atoms. The molecule has 3 rings (SSSR count). The minimum absolute atomic E-state index is 0.127. The fourth-order valence-electron chi connectivity index (χ4n) is 3.37. The maximum Gasteiger partial charge on any atom is 0.223 e. The molecule has 0 unspecified atom stereocenters. The molecule has 5 heteroatoms. The third-order valence-electron chi connectivity index (χ3n) is 5.07. The van der Waals surface area contributed by atoms with Gasteiger partial charge in [0.1, 0.15) is 0 Å². The number of benzene rings is 1. The first kappa shape index (κ1) is 16.7. The Hall–Kier alpha value is -2.14. The van der Waals surface area contributed by atoms with Crippen LogP contribution in [0.2, 0.25) is 0 Å². The molecule has 0 radical (unpaired) electrons. The minimum Gasteiger partial charge on any atom is -0.352 e. The Balaban J connectivity index is 1.66. The Morgan fingerprint density at radius 2 is 2.12 bits per heavy atom. The van der Waals surface area contributed by atoms with E-state index in [1.54, 1.807) is 4.68 Å². The number of rotatable bonds is 4. The van der Waals surface area contributed by atoms with E-state index < -0.39 is 0 Å². The lowest BCUT2D eigenvalue weighted by molar-refractivity contribution is -0.127. The average molecular weight is 326 g/mol. The summed E-state index contributed by atoms with van der Waals surface area (Å²) in [6, 6.07) is 8.65. The number of aromatic nitrogens is 2. The Bertz CT molecular complexity index is 709. The van der Waals surface area contributed by atoms with E-state index in [9.17, 15) is 4.79 Å². The second kappa shape index (κ2) is 7.18. The van der Waals surface area contributed by atoms with Crippen LogP contribution in [0.5, 0.6) is 0 Å². The van der Waals surface area contributed by atoms with E-state index in [1.165, 1.54) is 0 Å². The highest BCUT2D eigenvalue weighted by molar-refractivity contribution is 5.79. The predicted molar refractivity (Wildman–Crippen MR) is 95.3 cm³/mol. The molecule has 2 heterocycles. The molecule has 1 aromatic heterocycles. The van der Waals surface area contributed by atoms with Gasteiger partial charge in [-0.2, -0.15) is 5.10 Å². The summed E-state index contributed by atoms with van der Waals surface area (Å²) >= 11 is 0. The van der Waals surface area contributed by atoms with Crippen LogP contribution in [-0.4, -0.2) is 40.2 Å². The number of nitrogens with one attached hydrogen (secondary N) is 1. The fourth-order valence-corrected chi connectivity index (χ4v) is 3.37. The van der Waals surface area contributed by atoms with E-state index in [2.05, 4.69) is 41.4 Å². The number of piperidine rings is 1. The van der Waals surface area contributed by atoms with Crippen molar-refractivity contribution in [1.29, 1.82) is 0 Å². The normalized spacial score (nSPS) is 21.6. The Morgan fingerprint density at radius 3 is 2.83 bits per heavy atom. The Kier molecular flexibility index (Phi) is 5.00. The fraction of sp³-hybridized carbons (Fsp3) is 0.474. The van der Waals surface area contributed by atoms with Gasteiger partial charge in [0.25, 0.3) is 0 Å². The third-order valence-corrected chi connectivity index (χ3v) is 5.07. The van der Waals surface area contributed by atoms with Crippen LogP contribution in [0.4, 0.5) is 0 Å². The van der Waals surface area contributed by atoms with Gasteiger partial charge in [-0.15, -0.1) is 0 Å². The lowest BCUT2D eigenvalue weighted by Crippen LogP contribution is -2.43. The first-order valence-electron chi connectivity index (χ1n) is 8.59. The smallest absolute Gasteiger partial charge is 0.223 e.